The lowest BCUT2D eigenvalue weighted by Gasteiger charge is -2.26. The van der Waals surface area contributed by atoms with Crippen LogP contribution in [0.3, 0.4) is 0 Å². The highest BCUT2D eigenvalue weighted by Gasteiger charge is 2.22. The lowest BCUT2D eigenvalue weighted by Crippen LogP contribution is -2.36. The van der Waals surface area contributed by atoms with E-state index in [9.17, 15) is 4.79 Å². The fourth-order valence-corrected chi connectivity index (χ4v) is 1.63. The van der Waals surface area contributed by atoms with Gasteiger partial charge in [0.1, 0.15) is 6.54 Å². The summed E-state index contributed by atoms with van der Waals surface area (Å²) in [5, 5.41) is 8.49. The lowest BCUT2D eigenvalue weighted by atomic mass is 9.98. The van der Waals surface area contributed by atoms with Crippen molar-refractivity contribution in [1.82, 2.24) is 4.90 Å². The predicted molar refractivity (Wildman–Crippen MR) is 72.5 cm³/mol. The standard InChI is InChI=1S/C10H14N2O.2C2H6/c1-3-9-4-6-12(7-5-11)10(13)8(9)2;2*1-2/h3-4,6-7H2,1-2H3;2*1-2H3. The monoisotopic (exact) mass is 238 g/mol. The summed E-state index contributed by atoms with van der Waals surface area (Å²) in [6.07, 6.45) is 1.87. The summed E-state index contributed by atoms with van der Waals surface area (Å²) in [5.74, 6) is 0.0321. The Labute approximate surface area is 106 Å². The first-order chi connectivity index (χ1) is 8.20. The Hall–Kier alpha value is -1.30. The molecule has 0 spiro atoms. The Morgan fingerprint density at radius 2 is 1.82 bits per heavy atom. The minimum Gasteiger partial charge on any atom is -0.325 e. The molecule has 17 heavy (non-hydrogen) atoms. The number of amides is 1. The molecule has 98 valence electrons. The molecule has 0 aromatic heterocycles. The van der Waals surface area contributed by atoms with Gasteiger partial charge in [0.25, 0.3) is 0 Å². The Balaban J connectivity index is 0. The molecule has 3 nitrogen and oxygen atoms in total. The number of carbonyl (C=O) groups is 1. The van der Waals surface area contributed by atoms with Crippen molar-refractivity contribution in [2.24, 2.45) is 0 Å². The number of nitrogens with zero attached hydrogens (tertiary/aromatic N) is 2. The Bertz CT molecular complexity index is 287. The Kier molecular flexibility index (Phi) is 11.9. The van der Waals surface area contributed by atoms with Crippen molar-refractivity contribution >= 4 is 5.91 Å². The van der Waals surface area contributed by atoms with E-state index in [-0.39, 0.29) is 12.5 Å². The van der Waals surface area contributed by atoms with Crippen LogP contribution in [0.1, 0.15) is 54.4 Å². The molecule has 0 radical (unpaired) electrons. The molecule has 0 N–H and O–H groups in total. The second-order valence-electron chi connectivity index (χ2n) is 3.22. The topological polar surface area (TPSA) is 44.1 Å². The zero-order valence-electron chi connectivity index (χ0n) is 12.1. The molecule has 0 unspecified atom stereocenters. The molecule has 1 heterocycles. The van der Waals surface area contributed by atoms with Crippen LogP contribution in [0.5, 0.6) is 0 Å². The van der Waals surface area contributed by atoms with Gasteiger partial charge in [-0.15, -0.1) is 0 Å². The van der Waals surface area contributed by atoms with Gasteiger partial charge in [-0.25, -0.2) is 0 Å². The van der Waals surface area contributed by atoms with Gasteiger partial charge in [-0.2, -0.15) is 5.26 Å². The quantitative estimate of drug-likeness (QED) is 0.691. The van der Waals surface area contributed by atoms with E-state index >= 15 is 0 Å². The molecular weight excluding hydrogens is 212 g/mol. The third-order valence-corrected chi connectivity index (χ3v) is 2.51. The van der Waals surface area contributed by atoms with E-state index in [1.54, 1.807) is 4.90 Å². The lowest BCUT2D eigenvalue weighted by molar-refractivity contribution is -0.127. The van der Waals surface area contributed by atoms with Crippen molar-refractivity contribution in [3.63, 3.8) is 0 Å². The minimum absolute atomic E-state index is 0.0321. The van der Waals surface area contributed by atoms with Crippen LogP contribution in [0.4, 0.5) is 0 Å². The van der Waals surface area contributed by atoms with Crippen molar-refractivity contribution in [2.75, 3.05) is 13.1 Å². The van der Waals surface area contributed by atoms with Gasteiger partial charge in [-0.1, -0.05) is 40.2 Å². The van der Waals surface area contributed by atoms with Gasteiger partial charge in [0.15, 0.2) is 0 Å². The normalized spacial score (nSPS) is 14.2. The van der Waals surface area contributed by atoms with Crippen molar-refractivity contribution in [3.8, 4) is 6.07 Å². The zero-order valence-corrected chi connectivity index (χ0v) is 12.1. The molecule has 0 saturated heterocycles. The molecule has 0 bridgehead atoms. The van der Waals surface area contributed by atoms with Crippen LogP contribution in [-0.2, 0) is 4.79 Å². The summed E-state index contributed by atoms with van der Waals surface area (Å²) in [7, 11) is 0. The fourth-order valence-electron chi connectivity index (χ4n) is 1.63. The predicted octanol–water partition coefficient (Wildman–Crippen LogP) is 3.52. The van der Waals surface area contributed by atoms with Crippen molar-refractivity contribution < 1.29 is 4.79 Å². The first kappa shape index (κ1) is 18.1. The molecule has 0 aromatic carbocycles. The second kappa shape index (κ2) is 11.2. The average Bonchev–Trinajstić information content (AvgIpc) is 2.40. The smallest absolute Gasteiger partial charge is 0.250 e. The van der Waals surface area contributed by atoms with Gasteiger partial charge < -0.3 is 4.90 Å². The molecule has 1 aliphatic heterocycles. The molecule has 0 atom stereocenters. The van der Waals surface area contributed by atoms with Crippen LogP contribution in [0.2, 0.25) is 0 Å². The molecule has 0 aromatic rings. The van der Waals surface area contributed by atoms with Crippen LogP contribution in [0.25, 0.3) is 0 Å². The molecule has 1 amide bonds. The maximum atomic E-state index is 11.6. The first-order valence-corrected chi connectivity index (χ1v) is 6.55. The molecule has 1 aliphatic rings. The van der Waals surface area contributed by atoms with Gasteiger partial charge >= 0.3 is 0 Å². The number of hydrogen-bond donors (Lipinski definition) is 0. The fraction of sp³-hybridized carbons (Fsp3) is 0.714. The summed E-state index contributed by atoms with van der Waals surface area (Å²) < 4.78 is 0. The highest BCUT2D eigenvalue weighted by Crippen LogP contribution is 2.20. The van der Waals surface area contributed by atoms with Gasteiger partial charge in [0.05, 0.1) is 6.07 Å². The van der Waals surface area contributed by atoms with Crippen LogP contribution in [0, 0.1) is 11.3 Å². The summed E-state index contributed by atoms with van der Waals surface area (Å²) >= 11 is 0. The highest BCUT2D eigenvalue weighted by molar-refractivity contribution is 5.94. The van der Waals surface area contributed by atoms with E-state index in [2.05, 4.69) is 6.92 Å². The van der Waals surface area contributed by atoms with Crippen LogP contribution < -0.4 is 0 Å². The van der Waals surface area contributed by atoms with Gasteiger partial charge in [-0.05, 0) is 19.8 Å². The Morgan fingerprint density at radius 1 is 1.29 bits per heavy atom. The number of carbonyl (C=O) groups excluding carboxylic acids is 1. The van der Waals surface area contributed by atoms with Crippen LogP contribution in [0.15, 0.2) is 11.1 Å². The zero-order chi connectivity index (χ0) is 13.8. The van der Waals surface area contributed by atoms with Crippen molar-refractivity contribution in [1.29, 1.82) is 5.26 Å². The summed E-state index contributed by atoms with van der Waals surface area (Å²) in [4.78, 5) is 13.2. The van der Waals surface area contributed by atoms with Gasteiger partial charge in [-0.3, -0.25) is 4.79 Å². The van der Waals surface area contributed by atoms with E-state index in [1.165, 1.54) is 5.57 Å². The highest BCUT2D eigenvalue weighted by atomic mass is 16.2. The number of hydrogen-bond acceptors (Lipinski definition) is 2. The maximum absolute atomic E-state index is 11.6. The van der Waals surface area contributed by atoms with E-state index in [0.29, 0.717) is 6.54 Å². The molecule has 0 fully saturated rings. The summed E-state index contributed by atoms with van der Waals surface area (Å²) in [5.41, 5.74) is 2.07. The number of nitriles is 1. The SMILES string of the molecule is CC.CC.CCC1=C(C)C(=O)N(CC#N)CC1. The third kappa shape index (κ3) is 5.53. The van der Waals surface area contributed by atoms with E-state index in [0.717, 1.165) is 18.4 Å². The largest absolute Gasteiger partial charge is 0.325 e. The molecule has 0 saturated carbocycles. The molecule has 3 heteroatoms. The van der Waals surface area contributed by atoms with Crippen LogP contribution in [-0.4, -0.2) is 23.9 Å². The average molecular weight is 238 g/mol. The van der Waals surface area contributed by atoms with E-state index < -0.39 is 0 Å². The summed E-state index contributed by atoms with van der Waals surface area (Å²) in [6, 6.07) is 2.00. The van der Waals surface area contributed by atoms with Crippen molar-refractivity contribution in [2.45, 2.75) is 54.4 Å². The van der Waals surface area contributed by atoms with Gasteiger partial charge in [0, 0.05) is 12.1 Å². The third-order valence-electron chi connectivity index (χ3n) is 2.51. The first-order valence-electron chi connectivity index (χ1n) is 6.55. The van der Waals surface area contributed by atoms with Crippen molar-refractivity contribution in [3.05, 3.63) is 11.1 Å². The van der Waals surface area contributed by atoms with Crippen LogP contribution >= 0.6 is 0 Å². The van der Waals surface area contributed by atoms with E-state index in [1.807, 2.05) is 40.7 Å². The van der Waals surface area contributed by atoms with Gasteiger partial charge in [0.2, 0.25) is 5.91 Å². The Morgan fingerprint density at radius 3 is 2.24 bits per heavy atom. The minimum atomic E-state index is 0.0321. The molecule has 0 aliphatic carbocycles. The second-order valence-corrected chi connectivity index (χ2v) is 3.22. The maximum Gasteiger partial charge on any atom is 0.250 e. The van der Waals surface area contributed by atoms with E-state index in [4.69, 9.17) is 5.26 Å². The summed E-state index contributed by atoms with van der Waals surface area (Å²) in [6.45, 7) is 12.8. The molecular formula is C14H26N2O. The number of rotatable bonds is 2. The molecule has 1 rings (SSSR count).